The Morgan fingerprint density at radius 1 is 1.33 bits per heavy atom. The molecule has 1 aromatic carbocycles. The monoisotopic (exact) mass is 322 g/mol. The molecule has 2 aromatic heterocycles. The third kappa shape index (κ3) is 2.88. The van der Waals surface area contributed by atoms with Crippen molar-refractivity contribution in [3.63, 3.8) is 0 Å². The molecule has 0 bridgehead atoms. The maximum Gasteiger partial charge on any atom is 0.252 e. The Labute approximate surface area is 139 Å². The number of ether oxygens (including phenoxy) is 1. The van der Waals surface area contributed by atoms with Gasteiger partial charge in [-0.1, -0.05) is 30.3 Å². The first-order valence-electron chi connectivity index (χ1n) is 8.10. The van der Waals surface area contributed by atoms with E-state index in [0.717, 1.165) is 36.1 Å². The third-order valence-corrected chi connectivity index (χ3v) is 4.24. The van der Waals surface area contributed by atoms with E-state index in [9.17, 15) is 4.79 Å². The first kappa shape index (κ1) is 14.8. The van der Waals surface area contributed by atoms with Crippen LogP contribution in [0.5, 0.6) is 0 Å². The zero-order chi connectivity index (χ0) is 16.4. The Balaban J connectivity index is 1.59. The lowest BCUT2D eigenvalue weighted by molar-refractivity contribution is 0.0857. The molecule has 0 radical (unpaired) electrons. The molecule has 1 amide bonds. The predicted octanol–water partition coefficient (Wildman–Crippen LogP) is 2.53. The van der Waals surface area contributed by atoms with Crippen LogP contribution in [0.2, 0.25) is 0 Å². The van der Waals surface area contributed by atoms with Gasteiger partial charge in [0.05, 0.1) is 11.7 Å². The van der Waals surface area contributed by atoms with E-state index in [2.05, 4.69) is 20.5 Å². The van der Waals surface area contributed by atoms with Crippen molar-refractivity contribution in [3.05, 3.63) is 48.2 Å². The number of nitrogens with one attached hydrogen (secondary N) is 2. The molecule has 0 saturated carbocycles. The van der Waals surface area contributed by atoms with Crippen LogP contribution in [-0.2, 0) is 4.74 Å². The van der Waals surface area contributed by atoms with E-state index in [1.54, 1.807) is 6.20 Å². The smallest absolute Gasteiger partial charge is 0.252 e. The van der Waals surface area contributed by atoms with Gasteiger partial charge in [-0.3, -0.25) is 9.89 Å². The fraction of sp³-hybridized carbons (Fsp3) is 0.278. The van der Waals surface area contributed by atoms with Crippen molar-refractivity contribution in [3.8, 4) is 11.3 Å². The van der Waals surface area contributed by atoms with Crippen LogP contribution >= 0.6 is 0 Å². The molecule has 0 aliphatic carbocycles. The molecular formula is C18H18N4O2. The van der Waals surface area contributed by atoms with Gasteiger partial charge in [-0.2, -0.15) is 5.10 Å². The van der Waals surface area contributed by atoms with Crippen molar-refractivity contribution in [1.29, 1.82) is 0 Å². The van der Waals surface area contributed by atoms with Crippen LogP contribution in [0.4, 0.5) is 0 Å². The van der Waals surface area contributed by atoms with Gasteiger partial charge in [0.15, 0.2) is 5.65 Å². The fourth-order valence-electron chi connectivity index (χ4n) is 2.96. The Bertz CT molecular complexity index is 854. The predicted molar refractivity (Wildman–Crippen MR) is 90.6 cm³/mol. The van der Waals surface area contributed by atoms with Crippen LogP contribution in [0.1, 0.15) is 23.2 Å². The molecule has 24 heavy (non-hydrogen) atoms. The number of H-pyrrole nitrogens is 1. The summed E-state index contributed by atoms with van der Waals surface area (Å²) in [5.41, 5.74) is 2.98. The summed E-state index contributed by atoms with van der Waals surface area (Å²) in [6.07, 6.45) is 3.75. The van der Waals surface area contributed by atoms with Gasteiger partial charge >= 0.3 is 0 Å². The number of nitrogens with zero attached hydrogens (tertiary/aromatic N) is 2. The summed E-state index contributed by atoms with van der Waals surface area (Å²) in [4.78, 5) is 16.7. The molecule has 0 spiro atoms. The zero-order valence-electron chi connectivity index (χ0n) is 13.2. The van der Waals surface area contributed by atoms with Crippen LogP contribution in [-0.4, -0.2) is 40.3 Å². The van der Waals surface area contributed by atoms with Gasteiger partial charge in [0.25, 0.3) is 5.91 Å². The number of fused-ring (bicyclic) bond motifs is 1. The van der Waals surface area contributed by atoms with E-state index < -0.39 is 0 Å². The van der Waals surface area contributed by atoms with E-state index in [0.29, 0.717) is 17.8 Å². The summed E-state index contributed by atoms with van der Waals surface area (Å²) in [6.45, 7) is 1.32. The van der Waals surface area contributed by atoms with E-state index >= 15 is 0 Å². The van der Waals surface area contributed by atoms with Gasteiger partial charge in [0.2, 0.25) is 0 Å². The quantitative estimate of drug-likeness (QED) is 0.773. The minimum absolute atomic E-state index is 0.124. The van der Waals surface area contributed by atoms with Gasteiger partial charge < -0.3 is 10.1 Å². The summed E-state index contributed by atoms with van der Waals surface area (Å²) in [6, 6.07) is 11.7. The van der Waals surface area contributed by atoms with Crippen LogP contribution in [0.15, 0.2) is 42.6 Å². The number of aromatic nitrogens is 3. The van der Waals surface area contributed by atoms with Gasteiger partial charge in [-0.25, -0.2) is 4.98 Å². The summed E-state index contributed by atoms with van der Waals surface area (Å²) >= 11 is 0. The molecule has 3 heterocycles. The second kappa shape index (κ2) is 6.41. The number of amides is 1. The maximum atomic E-state index is 12.4. The summed E-state index contributed by atoms with van der Waals surface area (Å²) in [7, 11) is 0. The second-order valence-corrected chi connectivity index (χ2v) is 5.90. The lowest BCUT2D eigenvalue weighted by atomic mass is 10.1. The number of pyridine rings is 1. The number of hydrogen-bond acceptors (Lipinski definition) is 4. The minimum Gasteiger partial charge on any atom is -0.376 e. The molecule has 4 rings (SSSR count). The molecule has 1 unspecified atom stereocenters. The van der Waals surface area contributed by atoms with E-state index in [-0.39, 0.29) is 12.0 Å². The van der Waals surface area contributed by atoms with Gasteiger partial charge in [0, 0.05) is 30.3 Å². The molecular weight excluding hydrogens is 304 g/mol. The van der Waals surface area contributed by atoms with Gasteiger partial charge in [0.1, 0.15) is 5.69 Å². The molecule has 6 heteroatoms. The van der Waals surface area contributed by atoms with E-state index in [1.165, 1.54) is 0 Å². The highest BCUT2D eigenvalue weighted by Crippen LogP contribution is 2.25. The Morgan fingerprint density at radius 3 is 3.00 bits per heavy atom. The Kier molecular flexibility index (Phi) is 3.96. The molecule has 2 N–H and O–H groups in total. The van der Waals surface area contributed by atoms with Crippen molar-refractivity contribution >= 4 is 16.9 Å². The molecule has 1 aliphatic rings. The zero-order valence-corrected chi connectivity index (χ0v) is 13.2. The van der Waals surface area contributed by atoms with Gasteiger partial charge in [-0.15, -0.1) is 0 Å². The number of hydrogen-bond donors (Lipinski definition) is 2. The normalized spacial score (nSPS) is 17.2. The first-order valence-corrected chi connectivity index (χ1v) is 8.10. The fourth-order valence-corrected chi connectivity index (χ4v) is 2.96. The number of rotatable bonds is 4. The SMILES string of the molecule is O=C(NCC1CCCO1)c1cnc2[nH]nc(-c3ccccc3)c2c1. The lowest BCUT2D eigenvalue weighted by Crippen LogP contribution is -2.31. The number of carbonyl (C=O) groups is 1. The summed E-state index contributed by atoms with van der Waals surface area (Å²) < 4.78 is 5.53. The average Bonchev–Trinajstić information content (AvgIpc) is 3.29. The standard InChI is InChI=1S/C18H18N4O2/c23-18(20-11-14-7-4-8-24-14)13-9-15-16(12-5-2-1-3-6-12)21-22-17(15)19-10-13/h1-3,5-6,9-10,14H,4,7-8,11H2,(H,20,23)(H,19,21,22). The van der Waals surface area contributed by atoms with E-state index in [1.807, 2.05) is 36.4 Å². The third-order valence-electron chi connectivity index (χ3n) is 4.24. The largest absolute Gasteiger partial charge is 0.376 e. The lowest BCUT2D eigenvalue weighted by Gasteiger charge is -2.10. The molecule has 6 nitrogen and oxygen atoms in total. The maximum absolute atomic E-state index is 12.4. The Morgan fingerprint density at radius 2 is 2.21 bits per heavy atom. The highest BCUT2D eigenvalue weighted by molar-refractivity contribution is 5.99. The first-order chi connectivity index (χ1) is 11.8. The average molecular weight is 322 g/mol. The molecule has 122 valence electrons. The molecule has 3 aromatic rings. The molecule has 1 saturated heterocycles. The Hall–Kier alpha value is -2.73. The number of carbonyl (C=O) groups excluding carboxylic acids is 1. The summed E-state index contributed by atoms with van der Waals surface area (Å²) in [5, 5.41) is 11.0. The van der Waals surface area contributed by atoms with Crippen molar-refractivity contribution in [1.82, 2.24) is 20.5 Å². The topological polar surface area (TPSA) is 79.9 Å². The van der Waals surface area contributed by atoms with Crippen molar-refractivity contribution in [2.24, 2.45) is 0 Å². The molecule has 1 fully saturated rings. The van der Waals surface area contributed by atoms with Crippen LogP contribution in [0.25, 0.3) is 22.3 Å². The van der Waals surface area contributed by atoms with Crippen LogP contribution in [0, 0.1) is 0 Å². The van der Waals surface area contributed by atoms with E-state index in [4.69, 9.17) is 4.74 Å². The van der Waals surface area contributed by atoms with Crippen molar-refractivity contribution < 1.29 is 9.53 Å². The molecule has 1 aliphatic heterocycles. The van der Waals surface area contributed by atoms with Crippen LogP contribution < -0.4 is 5.32 Å². The van der Waals surface area contributed by atoms with Crippen LogP contribution in [0.3, 0.4) is 0 Å². The highest BCUT2D eigenvalue weighted by atomic mass is 16.5. The summed E-state index contributed by atoms with van der Waals surface area (Å²) in [5.74, 6) is -0.139. The van der Waals surface area contributed by atoms with Crippen molar-refractivity contribution in [2.75, 3.05) is 13.2 Å². The van der Waals surface area contributed by atoms with Crippen molar-refractivity contribution in [2.45, 2.75) is 18.9 Å². The number of aromatic amines is 1. The molecule has 1 atom stereocenters. The second-order valence-electron chi connectivity index (χ2n) is 5.90. The van der Waals surface area contributed by atoms with Gasteiger partial charge in [-0.05, 0) is 18.9 Å². The minimum atomic E-state index is -0.139. The highest BCUT2D eigenvalue weighted by Gasteiger charge is 2.18. The number of benzene rings is 1.